The van der Waals surface area contributed by atoms with Gasteiger partial charge in [0.05, 0.1) is 0 Å². The van der Waals surface area contributed by atoms with Crippen molar-refractivity contribution in [2.75, 3.05) is 12.3 Å². The van der Waals surface area contributed by atoms with Crippen molar-refractivity contribution in [2.24, 2.45) is 16.3 Å². The van der Waals surface area contributed by atoms with E-state index in [9.17, 15) is 18.0 Å². The average Bonchev–Trinajstić information content (AvgIpc) is 2.40. The molecule has 0 aliphatic heterocycles. The number of nitrogens with one attached hydrogen (secondary N) is 1. The number of thioether (sulfide) groups is 1. The number of amides is 1. The molecule has 0 aliphatic carbocycles. The van der Waals surface area contributed by atoms with Gasteiger partial charge in [-0.2, -0.15) is 13.2 Å². The van der Waals surface area contributed by atoms with Crippen LogP contribution in [0.3, 0.4) is 0 Å². The van der Waals surface area contributed by atoms with Gasteiger partial charge in [0.15, 0.2) is 5.84 Å². The lowest BCUT2D eigenvalue weighted by molar-refractivity contribution is -0.128. The van der Waals surface area contributed by atoms with Gasteiger partial charge in [-0.1, -0.05) is 31.8 Å². The molecule has 21 heavy (non-hydrogen) atoms. The molecule has 5 nitrogen and oxygen atoms in total. The fraction of sp³-hybridized carbons (Fsp3) is 0.833. The third-order valence-corrected chi connectivity index (χ3v) is 3.78. The smallest absolute Gasteiger partial charge is 0.409 e. The van der Waals surface area contributed by atoms with E-state index in [1.54, 1.807) is 0 Å². The van der Waals surface area contributed by atoms with E-state index in [2.05, 4.69) is 10.5 Å². The maximum Gasteiger partial charge on any atom is 0.441 e. The molecule has 0 fully saturated rings. The van der Waals surface area contributed by atoms with Gasteiger partial charge in [0.25, 0.3) is 0 Å². The van der Waals surface area contributed by atoms with E-state index < -0.39 is 16.8 Å². The number of oxime groups is 1. The first-order chi connectivity index (χ1) is 9.73. The first kappa shape index (κ1) is 19.9. The molecule has 0 atom stereocenters. The molecule has 0 heterocycles. The lowest BCUT2D eigenvalue weighted by Gasteiger charge is -2.30. The van der Waals surface area contributed by atoms with Gasteiger partial charge in [0.2, 0.25) is 5.91 Å². The van der Waals surface area contributed by atoms with Crippen LogP contribution in [-0.4, -0.2) is 34.8 Å². The highest BCUT2D eigenvalue weighted by molar-refractivity contribution is 8.00. The van der Waals surface area contributed by atoms with Crippen LogP contribution < -0.4 is 11.1 Å². The first-order valence-corrected chi connectivity index (χ1v) is 7.69. The molecule has 0 unspecified atom stereocenters. The van der Waals surface area contributed by atoms with Gasteiger partial charge < -0.3 is 16.3 Å². The quantitative estimate of drug-likeness (QED) is 0.199. The number of carbonyl (C=O) groups excluding carboxylic acids is 1. The SMILES string of the molecule is CCCC(CCC)(C(=O)NCCSC(F)(F)F)C(N)=NO. The average molecular weight is 329 g/mol. The van der Waals surface area contributed by atoms with Crippen LogP contribution in [0, 0.1) is 5.41 Å². The summed E-state index contributed by atoms with van der Waals surface area (Å²) in [5.41, 5.74) is 0.168. The normalized spacial score (nSPS) is 13.3. The second-order valence-corrected chi connectivity index (χ2v) is 5.78. The van der Waals surface area contributed by atoms with Crippen molar-refractivity contribution in [3.05, 3.63) is 0 Å². The molecule has 124 valence electrons. The van der Waals surface area contributed by atoms with E-state index in [0.717, 1.165) is 0 Å². The second kappa shape index (κ2) is 9.01. The largest absolute Gasteiger partial charge is 0.441 e. The summed E-state index contributed by atoms with van der Waals surface area (Å²) < 4.78 is 36.0. The van der Waals surface area contributed by atoms with Crippen LogP contribution in [0.5, 0.6) is 0 Å². The molecule has 9 heteroatoms. The Kier molecular flexibility index (Phi) is 8.53. The number of carbonyl (C=O) groups is 1. The van der Waals surface area contributed by atoms with Crippen LogP contribution in [0.2, 0.25) is 0 Å². The number of amidine groups is 1. The van der Waals surface area contributed by atoms with E-state index >= 15 is 0 Å². The minimum Gasteiger partial charge on any atom is -0.409 e. The zero-order valence-corrected chi connectivity index (χ0v) is 13.0. The molecule has 0 saturated heterocycles. The number of alkyl halides is 3. The molecular formula is C12H22F3N3O2S. The monoisotopic (exact) mass is 329 g/mol. The summed E-state index contributed by atoms with van der Waals surface area (Å²) in [5.74, 6) is -0.976. The molecule has 0 aromatic carbocycles. The maximum absolute atomic E-state index is 12.3. The van der Waals surface area contributed by atoms with Crippen LogP contribution in [0.4, 0.5) is 13.2 Å². The summed E-state index contributed by atoms with van der Waals surface area (Å²) >= 11 is -0.199. The Hall–Kier alpha value is -1.12. The lowest BCUT2D eigenvalue weighted by Crippen LogP contribution is -2.50. The summed E-state index contributed by atoms with van der Waals surface area (Å²) in [5, 5.41) is 14.3. The standard InChI is InChI=1S/C12H22F3N3O2S/c1-3-5-11(6-4-2,9(16)18-20)10(19)17-7-8-21-12(13,14)15/h20H,3-8H2,1-2H3,(H2,16,18)(H,17,19). The van der Waals surface area contributed by atoms with Crippen LogP contribution >= 0.6 is 11.8 Å². The van der Waals surface area contributed by atoms with Crippen molar-refractivity contribution >= 4 is 23.5 Å². The van der Waals surface area contributed by atoms with Crippen molar-refractivity contribution in [3.8, 4) is 0 Å². The van der Waals surface area contributed by atoms with E-state index in [1.165, 1.54) is 0 Å². The van der Waals surface area contributed by atoms with E-state index in [-0.39, 0.29) is 29.9 Å². The Bertz CT molecular complexity index is 356. The van der Waals surface area contributed by atoms with Crippen LogP contribution in [0.25, 0.3) is 0 Å². The number of hydrogen-bond donors (Lipinski definition) is 3. The van der Waals surface area contributed by atoms with Gasteiger partial charge in [-0.3, -0.25) is 4.79 Å². The van der Waals surface area contributed by atoms with Gasteiger partial charge in [-0.15, -0.1) is 0 Å². The minimum atomic E-state index is -4.32. The van der Waals surface area contributed by atoms with Crippen LogP contribution in [0.1, 0.15) is 39.5 Å². The molecule has 0 aliphatic rings. The Balaban J connectivity index is 4.79. The number of nitrogens with two attached hydrogens (primary N) is 1. The Labute approximate surface area is 126 Å². The topological polar surface area (TPSA) is 87.7 Å². The summed E-state index contributed by atoms with van der Waals surface area (Å²) in [6.07, 6.45) is 1.99. The van der Waals surface area contributed by atoms with Gasteiger partial charge >= 0.3 is 5.51 Å². The third-order valence-electron chi connectivity index (χ3n) is 3.04. The van der Waals surface area contributed by atoms with Crippen molar-refractivity contribution < 1.29 is 23.2 Å². The predicted molar refractivity (Wildman–Crippen MR) is 77.2 cm³/mol. The number of rotatable bonds is 9. The van der Waals surface area contributed by atoms with Crippen molar-refractivity contribution in [2.45, 2.75) is 45.0 Å². The van der Waals surface area contributed by atoms with Gasteiger partial charge in [-0.25, -0.2) is 0 Å². The van der Waals surface area contributed by atoms with Crippen molar-refractivity contribution in [3.63, 3.8) is 0 Å². The maximum atomic E-state index is 12.3. The highest BCUT2D eigenvalue weighted by atomic mass is 32.2. The van der Waals surface area contributed by atoms with E-state index in [0.29, 0.717) is 25.7 Å². The summed E-state index contributed by atoms with van der Waals surface area (Å²) in [7, 11) is 0. The number of hydrogen-bond acceptors (Lipinski definition) is 4. The third kappa shape index (κ3) is 6.45. The second-order valence-electron chi connectivity index (χ2n) is 4.62. The Morgan fingerprint density at radius 2 is 1.81 bits per heavy atom. The fourth-order valence-corrected chi connectivity index (χ4v) is 2.61. The summed E-state index contributed by atoms with van der Waals surface area (Å²) in [4.78, 5) is 12.3. The van der Waals surface area contributed by atoms with Gasteiger partial charge in [0.1, 0.15) is 5.41 Å². The highest BCUT2D eigenvalue weighted by Gasteiger charge is 2.41. The minimum absolute atomic E-state index is 0.128. The van der Waals surface area contributed by atoms with Crippen molar-refractivity contribution in [1.82, 2.24) is 5.32 Å². The molecule has 0 aromatic rings. The zero-order valence-electron chi connectivity index (χ0n) is 12.2. The van der Waals surface area contributed by atoms with Gasteiger partial charge in [-0.05, 0) is 24.6 Å². The summed E-state index contributed by atoms with van der Waals surface area (Å²) in [6.45, 7) is 3.57. The number of nitrogens with zero attached hydrogens (tertiary/aromatic N) is 1. The lowest BCUT2D eigenvalue weighted by atomic mass is 9.77. The molecule has 0 bridgehead atoms. The molecule has 0 saturated carbocycles. The first-order valence-electron chi connectivity index (χ1n) is 6.70. The van der Waals surface area contributed by atoms with Gasteiger partial charge in [0, 0.05) is 12.3 Å². The van der Waals surface area contributed by atoms with E-state index in [4.69, 9.17) is 10.9 Å². The highest BCUT2D eigenvalue weighted by Crippen LogP contribution is 2.31. The molecule has 0 aromatic heterocycles. The summed E-state index contributed by atoms with van der Waals surface area (Å²) in [6, 6.07) is 0. The fourth-order valence-electron chi connectivity index (χ4n) is 2.17. The number of halogens is 3. The van der Waals surface area contributed by atoms with Crippen LogP contribution in [-0.2, 0) is 4.79 Å². The molecular weight excluding hydrogens is 307 g/mol. The Morgan fingerprint density at radius 1 is 1.29 bits per heavy atom. The molecule has 0 spiro atoms. The van der Waals surface area contributed by atoms with Crippen LogP contribution in [0.15, 0.2) is 5.16 Å². The van der Waals surface area contributed by atoms with Crippen molar-refractivity contribution in [1.29, 1.82) is 0 Å². The molecule has 1 amide bonds. The molecule has 0 rings (SSSR count). The Morgan fingerprint density at radius 3 is 2.19 bits per heavy atom. The molecule has 4 N–H and O–H groups in total. The zero-order chi connectivity index (χ0) is 16.5. The molecule has 0 radical (unpaired) electrons. The predicted octanol–water partition coefficient (Wildman–Crippen LogP) is 2.69. The van der Waals surface area contributed by atoms with E-state index in [1.807, 2.05) is 13.8 Å².